The van der Waals surface area contributed by atoms with Gasteiger partial charge in [-0.25, -0.2) is 14.2 Å². The normalized spacial score (nSPS) is 11.0. The van der Waals surface area contributed by atoms with E-state index in [1.807, 2.05) is 0 Å². The molecule has 0 radical (unpaired) electrons. The van der Waals surface area contributed by atoms with E-state index in [0.29, 0.717) is 5.69 Å². The zero-order chi connectivity index (χ0) is 14.2. The van der Waals surface area contributed by atoms with Crippen molar-refractivity contribution in [1.82, 2.24) is 4.98 Å². The van der Waals surface area contributed by atoms with Gasteiger partial charge >= 0.3 is 5.97 Å². The lowest BCUT2D eigenvalue weighted by Gasteiger charge is -1.99. The average Bonchev–Trinajstić information content (AvgIpc) is 2.73. The maximum Gasteiger partial charge on any atom is 0.373 e. The van der Waals surface area contributed by atoms with E-state index < -0.39 is 11.8 Å². The Balaban J connectivity index is 2.57. The largest absolute Gasteiger partial charge is 0.475 e. The van der Waals surface area contributed by atoms with Gasteiger partial charge in [0.2, 0.25) is 11.7 Å². The van der Waals surface area contributed by atoms with Crippen molar-refractivity contribution in [3.05, 3.63) is 41.0 Å². The summed E-state index contributed by atoms with van der Waals surface area (Å²) in [5, 5.41) is 9.06. The summed E-state index contributed by atoms with van der Waals surface area (Å²) in [7, 11) is 0. The smallest absolute Gasteiger partial charge is 0.373 e. The van der Waals surface area contributed by atoms with Gasteiger partial charge in [-0.15, -0.1) is 0 Å². The molecule has 100 valence electrons. The molecule has 1 N–H and O–H groups in total. The molecule has 1 aromatic heterocycles. The van der Waals surface area contributed by atoms with Gasteiger partial charge in [0, 0.05) is 0 Å². The maximum atomic E-state index is 13.8. The highest BCUT2D eigenvalue weighted by Gasteiger charge is 2.23. The number of halogens is 1. The molecule has 0 bridgehead atoms. The molecular weight excluding hydrogens is 249 g/mol. The van der Waals surface area contributed by atoms with Crippen molar-refractivity contribution >= 4 is 5.97 Å². The van der Waals surface area contributed by atoms with Crippen molar-refractivity contribution in [2.24, 2.45) is 0 Å². The van der Waals surface area contributed by atoms with E-state index in [1.54, 1.807) is 26.8 Å². The molecule has 0 aliphatic carbocycles. The number of oxazole rings is 1. The van der Waals surface area contributed by atoms with Crippen molar-refractivity contribution < 1.29 is 18.7 Å². The molecule has 0 unspecified atom stereocenters. The van der Waals surface area contributed by atoms with Gasteiger partial charge in [0.25, 0.3) is 0 Å². The van der Waals surface area contributed by atoms with E-state index in [0.717, 1.165) is 5.56 Å². The number of benzene rings is 1. The fraction of sp³-hybridized carbons (Fsp3) is 0.286. The predicted octanol–water partition coefficient (Wildman–Crippen LogP) is 3.61. The minimum atomic E-state index is -1.20. The van der Waals surface area contributed by atoms with E-state index in [2.05, 4.69) is 4.98 Å². The van der Waals surface area contributed by atoms with E-state index in [-0.39, 0.29) is 23.1 Å². The predicted molar refractivity (Wildman–Crippen MR) is 67.7 cm³/mol. The quantitative estimate of drug-likeness (QED) is 0.918. The van der Waals surface area contributed by atoms with Gasteiger partial charge in [-0.1, -0.05) is 19.9 Å². The monoisotopic (exact) mass is 263 g/mol. The number of carboxylic acid groups (broad SMARTS) is 1. The van der Waals surface area contributed by atoms with Crippen LogP contribution in [0.3, 0.4) is 0 Å². The average molecular weight is 263 g/mol. The lowest BCUT2D eigenvalue weighted by molar-refractivity contribution is 0.0661. The van der Waals surface area contributed by atoms with Crippen LogP contribution in [0.5, 0.6) is 0 Å². The molecule has 0 saturated heterocycles. The summed E-state index contributed by atoms with van der Waals surface area (Å²) in [4.78, 5) is 15.2. The summed E-state index contributed by atoms with van der Waals surface area (Å²) in [5.41, 5.74) is 1.26. The van der Waals surface area contributed by atoms with Crippen LogP contribution >= 0.6 is 0 Å². The molecule has 4 nitrogen and oxygen atoms in total. The Morgan fingerprint density at radius 1 is 1.42 bits per heavy atom. The molecular formula is C14H14FNO3. The molecule has 19 heavy (non-hydrogen) atoms. The first-order chi connectivity index (χ1) is 8.90. The minimum absolute atomic E-state index is 0.00130. The molecule has 0 fully saturated rings. The Labute approximate surface area is 109 Å². The zero-order valence-corrected chi connectivity index (χ0v) is 10.9. The number of carbonyl (C=O) groups is 1. The number of aryl methyl sites for hydroxylation is 1. The van der Waals surface area contributed by atoms with Crippen molar-refractivity contribution in [2.45, 2.75) is 26.7 Å². The molecule has 1 aromatic carbocycles. The second kappa shape index (κ2) is 4.84. The van der Waals surface area contributed by atoms with Crippen LogP contribution in [0.25, 0.3) is 11.5 Å². The second-order valence-corrected chi connectivity index (χ2v) is 4.68. The molecule has 0 aliphatic rings. The van der Waals surface area contributed by atoms with Gasteiger partial charge in [-0.05, 0) is 30.5 Å². The highest BCUT2D eigenvalue weighted by molar-refractivity contribution is 5.86. The Morgan fingerprint density at radius 3 is 2.58 bits per heavy atom. The third-order valence-electron chi connectivity index (χ3n) is 2.75. The Morgan fingerprint density at radius 2 is 2.11 bits per heavy atom. The summed E-state index contributed by atoms with van der Waals surface area (Å²) in [6, 6.07) is 4.61. The van der Waals surface area contributed by atoms with Crippen LogP contribution in [0, 0.1) is 12.7 Å². The van der Waals surface area contributed by atoms with Crippen LogP contribution in [0.15, 0.2) is 22.6 Å². The van der Waals surface area contributed by atoms with Crippen LogP contribution in [-0.2, 0) is 0 Å². The molecule has 5 heteroatoms. The Kier molecular flexibility index (Phi) is 3.38. The van der Waals surface area contributed by atoms with Crippen molar-refractivity contribution in [3.8, 4) is 11.5 Å². The lowest BCUT2D eigenvalue weighted by Crippen LogP contribution is -2.01. The zero-order valence-electron chi connectivity index (χ0n) is 10.9. The number of aromatic nitrogens is 1. The summed E-state index contributed by atoms with van der Waals surface area (Å²) in [5.74, 6) is -2.02. The Bertz CT molecular complexity index is 632. The topological polar surface area (TPSA) is 63.3 Å². The molecule has 0 atom stereocenters. The van der Waals surface area contributed by atoms with Crippen molar-refractivity contribution in [3.63, 3.8) is 0 Å². The molecule has 2 aromatic rings. The first-order valence-corrected chi connectivity index (χ1v) is 5.90. The molecule has 0 amide bonds. The molecule has 2 rings (SSSR count). The molecule has 0 spiro atoms. The molecule has 1 heterocycles. The van der Waals surface area contributed by atoms with Crippen LogP contribution in [0.1, 0.15) is 41.6 Å². The van der Waals surface area contributed by atoms with Gasteiger partial charge in [0.1, 0.15) is 5.82 Å². The van der Waals surface area contributed by atoms with Gasteiger partial charge in [0.15, 0.2) is 0 Å². The SMILES string of the molecule is Cc1ccc(-c2nc(C(C)C)c(C(=O)O)o2)c(F)c1. The summed E-state index contributed by atoms with van der Waals surface area (Å²) < 4.78 is 19.0. The number of nitrogens with zero attached hydrogens (tertiary/aromatic N) is 1. The van der Waals surface area contributed by atoms with Crippen LogP contribution < -0.4 is 0 Å². The van der Waals surface area contributed by atoms with E-state index in [1.165, 1.54) is 12.1 Å². The molecule has 0 saturated carbocycles. The van der Waals surface area contributed by atoms with Crippen molar-refractivity contribution in [2.75, 3.05) is 0 Å². The summed E-state index contributed by atoms with van der Waals surface area (Å²) in [6.07, 6.45) is 0. The van der Waals surface area contributed by atoms with E-state index in [9.17, 15) is 9.18 Å². The van der Waals surface area contributed by atoms with Crippen LogP contribution in [0.2, 0.25) is 0 Å². The number of hydrogen-bond donors (Lipinski definition) is 1. The fourth-order valence-corrected chi connectivity index (χ4v) is 1.79. The van der Waals surface area contributed by atoms with E-state index >= 15 is 0 Å². The standard InChI is InChI=1S/C14H14FNO3/c1-7(2)11-12(14(17)18)19-13(16-11)9-5-4-8(3)6-10(9)15/h4-7H,1-3H3,(H,17,18). The van der Waals surface area contributed by atoms with Gasteiger partial charge in [-0.2, -0.15) is 0 Å². The van der Waals surface area contributed by atoms with Crippen LogP contribution in [0.4, 0.5) is 4.39 Å². The second-order valence-electron chi connectivity index (χ2n) is 4.68. The minimum Gasteiger partial charge on any atom is -0.475 e. The first kappa shape index (κ1) is 13.3. The maximum absolute atomic E-state index is 13.8. The first-order valence-electron chi connectivity index (χ1n) is 5.90. The third-order valence-corrected chi connectivity index (χ3v) is 2.75. The third kappa shape index (κ3) is 2.50. The number of rotatable bonds is 3. The van der Waals surface area contributed by atoms with Gasteiger partial charge < -0.3 is 9.52 Å². The lowest BCUT2D eigenvalue weighted by atomic mass is 10.1. The number of aromatic carboxylic acids is 1. The fourth-order valence-electron chi connectivity index (χ4n) is 1.79. The highest BCUT2D eigenvalue weighted by atomic mass is 19.1. The number of hydrogen-bond acceptors (Lipinski definition) is 3. The summed E-state index contributed by atoms with van der Waals surface area (Å²) >= 11 is 0. The van der Waals surface area contributed by atoms with Gasteiger partial charge in [-0.3, -0.25) is 0 Å². The van der Waals surface area contributed by atoms with Crippen molar-refractivity contribution in [1.29, 1.82) is 0 Å². The Hall–Kier alpha value is -2.17. The van der Waals surface area contributed by atoms with Gasteiger partial charge in [0.05, 0.1) is 11.3 Å². The molecule has 0 aliphatic heterocycles. The van der Waals surface area contributed by atoms with Crippen LogP contribution in [-0.4, -0.2) is 16.1 Å². The summed E-state index contributed by atoms with van der Waals surface area (Å²) in [6.45, 7) is 5.38. The van der Waals surface area contributed by atoms with E-state index in [4.69, 9.17) is 9.52 Å². The number of carboxylic acids is 1. The highest BCUT2D eigenvalue weighted by Crippen LogP contribution is 2.28.